The Morgan fingerprint density at radius 2 is 1.68 bits per heavy atom. The summed E-state index contributed by atoms with van der Waals surface area (Å²) in [6, 6.07) is 23.7. The predicted octanol–water partition coefficient (Wildman–Crippen LogP) is 3.99. The van der Waals surface area contributed by atoms with Gasteiger partial charge in [0.15, 0.2) is 0 Å². The fourth-order valence-corrected chi connectivity index (χ4v) is 3.49. The quantitative estimate of drug-likeness (QED) is 0.500. The zero-order valence-electron chi connectivity index (χ0n) is 17.7. The van der Waals surface area contributed by atoms with E-state index in [1.807, 2.05) is 90.5 Å². The molecule has 0 fully saturated rings. The highest BCUT2D eigenvalue weighted by atomic mass is 16.1. The minimum absolute atomic E-state index is 0.160. The van der Waals surface area contributed by atoms with E-state index in [1.165, 1.54) is 0 Å². The average Bonchev–Trinajstić information content (AvgIpc) is 3.22. The van der Waals surface area contributed by atoms with Crippen molar-refractivity contribution in [2.75, 3.05) is 19.0 Å². The van der Waals surface area contributed by atoms with Crippen LogP contribution in [0.15, 0.2) is 85.2 Å². The van der Waals surface area contributed by atoms with Crippen LogP contribution < -0.4 is 10.2 Å². The molecule has 0 aliphatic heterocycles. The number of hydrogen-bond donors (Lipinski definition) is 1. The van der Waals surface area contributed by atoms with E-state index in [1.54, 1.807) is 6.20 Å². The van der Waals surface area contributed by atoms with E-state index < -0.39 is 0 Å². The molecule has 31 heavy (non-hydrogen) atoms. The molecular formula is C25H25N5O. The molecule has 156 valence electrons. The lowest BCUT2D eigenvalue weighted by atomic mass is 10.1. The van der Waals surface area contributed by atoms with Crippen molar-refractivity contribution >= 4 is 11.7 Å². The average molecular weight is 412 g/mol. The highest BCUT2D eigenvalue weighted by Crippen LogP contribution is 2.23. The highest BCUT2D eigenvalue weighted by Gasteiger charge is 2.18. The SMILES string of the molecule is CN(C)c1ncccc1CNC(=O)c1cn(Cc2ccccc2)nc1-c1ccccc1. The van der Waals surface area contributed by atoms with Crippen LogP contribution in [0.25, 0.3) is 11.3 Å². The number of benzene rings is 2. The lowest BCUT2D eigenvalue weighted by Crippen LogP contribution is -2.24. The van der Waals surface area contributed by atoms with E-state index in [2.05, 4.69) is 22.4 Å². The number of rotatable bonds is 7. The minimum atomic E-state index is -0.160. The zero-order valence-corrected chi connectivity index (χ0v) is 17.7. The lowest BCUT2D eigenvalue weighted by Gasteiger charge is -2.16. The van der Waals surface area contributed by atoms with E-state index in [9.17, 15) is 4.79 Å². The van der Waals surface area contributed by atoms with Crippen LogP contribution in [-0.2, 0) is 13.1 Å². The summed E-state index contributed by atoms with van der Waals surface area (Å²) < 4.78 is 1.82. The third-order valence-corrected chi connectivity index (χ3v) is 4.97. The molecule has 0 bridgehead atoms. The second-order valence-electron chi connectivity index (χ2n) is 7.50. The van der Waals surface area contributed by atoms with Gasteiger partial charge in [-0.05, 0) is 11.6 Å². The molecule has 1 N–H and O–H groups in total. The van der Waals surface area contributed by atoms with Gasteiger partial charge in [0.05, 0.1) is 12.1 Å². The van der Waals surface area contributed by atoms with Gasteiger partial charge in [0, 0.05) is 44.2 Å². The minimum Gasteiger partial charge on any atom is -0.362 e. The van der Waals surface area contributed by atoms with Gasteiger partial charge in [-0.25, -0.2) is 4.98 Å². The Kier molecular flexibility index (Phi) is 6.08. The van der Waals surface area contributed by atoms with E-state index >= 15 is 0 Å². The fraction of sp³-hybridized carbons (Fsp3) is 0.160. The van der Waals surface area contributed by atoms with Crippen molar-refractivity contribution in [3.63, 3.8) is 0 Å². The molecule has 2 aromatic carbocycles. The van der Waals surface area contributed by atoms with Gasteiger partial charge in [-0.3, -0.25) is 9.48 Å². The fourth-order valence-electron chi connectivity index (χ4n) is 3.49. The maximum atomic E-state index is 13.2. The number of nitrogens with zero attached hydrogens (tertiary/aromatic N) is 4. The molecule has 0 radical (unpaired) electrons. The Balaban J connectivity index is 1.61. The van der Waals surface area contributed by atoms with Crippen LogP contribution in [0.5, 0.6) is 0 Å². The van der Waals surface area contributed by atoms with Crippen molar-refractivity contribution in [1.29, 1.82) is 0 Å². The number of carbonyl (C=O) groups is 1. The molecule has 0 saturated heterocycles. The second kappa shape index (κ2) is 9.26. The number of hydrogen-bond acceptors (Lipinski definition) is 4. The first kappa shape index (κ1) is 20.3. The van der Waals surface area contributed by atoms with Crippen LogP contribution in [0, 0.1) is 0 Å². The summed E-state index contributed by atoms with van der Waals surface area (Å²) in [5, 5.41) is 7.77. The molecule has 2 aromatic heterocycles. The molecule has 6 nitrogen and oxygen atoms in total. The monoisotopic (exact) mass is 411 g/mol. The number of pyridine rings is 1. The highest BCUT2D eigenvalue weighted by molar-refractivity contribution is 5.99. The number of aromatic nitrogens is 3. The van der Waals surface area contributed by atoms with Crippen molar-refractivity contribution in [1.82, 2.24) is 20.1 Å². The van der Waals surface area contributed by atoms with Gasteiger partial charge in [-0.15, -0.1) is 0 Å². The van der Waals surface area contributed by atoms with Gasteiger partial charge in [-0.1, -0.05) is 66.7 Å². The Hall–Kier alpha value is -3.93. The Morgan fingerprint density at radius 1 is 0.968 bits per heavy atom. The molecule has 0 atom stereocenters. The topological polar surface area (TPSA) is 63.1 Å². The molecule has 0 unspecified atom stereocenters. The molecule has 0 aliphatic carbocycles. The molecule has 0 spiro atoms. The number of nitrogens with one attached hydrogen (secondary N) is 1. The van der Waals surface area contributed by atoms with Gasteiger partial charge in [0.1, 0.15) is 11.5 Å². The molecule has 2 heterocycles. The molecule has 1 amide bonds. The summed E-state index contributed by atoms with van der Waals surface area (Å²) in [5.41, 5.74) is 4.22. The third kappa shape index (κ3) is 4.80. The smallest absolute Gasteiger partial charge is 0.255 e. The van der Waals surface area contributed by atoms with E-state index in [-0.39, 0.29) is 5.91 Å². The molecule has 6 heteroatoms. The van der Waals surface area contributed by atoms with E-state index in [0.717, 1.165) is 22.5 Å². The molecular weight excluding hydrogens is 386 g/mol. The first-order chi connectivity index (χ1) is 15.1. The molecule has 0 aliphatic rings. The standard InChI is InChI=1S/C25H25N5O/c1-29(2)24-21(14-9-15-26-24)16-27-25(31)22-18-30(17-19-10-5-3-6-11-19)28-23(22)20-12-7-4-8-13-20/h3-15,18H,16-17H2,1-2H3,(H,27,31). The largest absolute Gasteiger partial charge is 0.362 e. The number of anilines is 1. The molecule has 0 saturated carbocycles. The van der Waals surface area contributed by atoms with Crippen LogP contribution in [-0.4, -0.2) is 34.8 Å². The van der Waals surface area contributed by atoms with Crippen molar-refractivity contribution in [2.45, 2.75) is 13.1 Å². The van der Waals surface area contributed by atoms with Crippen molar-refractivity contribution in [3.8, 4) is 11.3 Å². The maximum Gasteiger partial charge on any atom is 0.255 e. The third-order valence-electron chi connectivity index (χ3n) is 4.97. The van der Waals surface area contributed by atoms with Gasteiger partial charge in [0.25, 0.3) is 5.91 Å². The van der Waals surface area contributed by atoms with E-state index in [0.29, 0.717) is 24.3 Å². The van der Waals surface area contributed by atoms with Crippen LogP contribution in [0.4, 0.5) is 5.82 Å². The summed E-state index contributed by atoms with van der Waals surface area (Å²) in [6.07, 6.45) is 3.57. The zero-order chi connectivity index (χ0) is 21.6. The first-order valence-corrected chi connectivity index (χ1v) is 10.2. The summed E-state index contributed by atoms with van der Waals surface area (Å²) in [7, 11) is 3.88. The van der Waals surface area contributed by atoms with Gasteiger partial charge >= 0.3 is 0 Å². The number of amides is 1. The first-order valence-electron chi connectivity index (χ1n) is 10.2. The van der Waals surface area contributed by atoms with E-state index in [4.69, 9.17) is 5.10 Å². The van der Waals surface area contributed by atoms with Crippen molar-refractivity contribution in [3.05, 3.63) is 102 Å². The molecule has 4 aromatic rings. The van der Waals surface area contributed by atoms with Crippen LogP contribution in [0.1, 0.15) is 21.5 Å². The summed E-state index contributed by atoms with van der Waals surface area (Å²) in [4.78, 5) is 19.5. The Labute approximate surface area is 182 Å². The summed E-state index contributed by atoms with van der Waals surface area (Å²) >= 11 is 0. The van der Waals surface area contributed by atoms with Gasteiger partial charge in [0.2, 0.25) is 0 Å². The second-order valence-corrected chi connectivity index (χ2v) is 7.50. The van der Waals surface area contributed by atoms with Gasteiger partial charge < -0.3 is 10.2 Å². The molecule has 4 rings (SSSR count). The predicted molar refractivity (Wildman–Crippen MR) is 123 cm³/mol. The lowest BCUT2D eigenvalue weighted by molar-refractivity contribution is 0.0951. The van der Waals surface area contributed by atoms with Crippen LogP contribution in [0.2, 0.25) is 0 Å². The van der Waals surface area contributed by atoms with Crippen molar-refractivity contribution in [2.24, 2.45) is 0 Å². The Bertz CT molecular complexity index is 1150. The van der Waals surface area contributed by atoms with Crippen LogP contribution in [0.3, 0.4) is 0 Å². The number of carbonyl (C=O) groups excluding carboxylic acids is 1. The summed E-state index contributed by atoms with van der Waals surface area (Å²) in [5.74, 6) is 0.678. The summed E-state index contributed by atoms with van der Waals surface area (Å²) in [6.45, 7) is 0.986. The maximum absolute atomic E-state index is 13.2. The normalized spacial score (nSPS) is 10.6. The van der Waals surface area contributed by atoms with Crippen molar-refractivity contribution < 1.29 is 4.79 Å². The van der Waals surface area contributed by atoms with Crippen LogP contribution >= 0.6 is 0 Å². The Morgan fingerprint density at radius 3 is 2.39 bits per heavy atom. The van der Waals surface area contributed by atoms with Gasteiger partial charge in [-0.2, -0.15) is 5.10 Å².